The quantitative estimate of drug-likeness (QED) is 0.870. The molecule has 2 rings (SSSR count). The maximum Gasteiger partial charge on any atom is 0.183 e. The number of thioether (sulfide) groups is 1. The molecule has 0 saturated heterocycles. The van der Waals surface area contributed by atoms with Crippen molar-refractivity contribution >= 4 is 27.7 Å². The standard InChI is InChI=1S/C8H7BrN4S/c9-7-1-6(2-10-3-7)4-14-8-11-5-12-13-8/h1-3,5H,4H2,(H,11,12,13). The zero-order valence-electron chi connectivity index (χ0n) is 7.14. The van der Waals surface area contributed by atoms with E-state index in [9.17, 15) is 0 Å². The van der Waals surface area contributed by atoms with E-state index in [1.807, 2.05) is 12.3 Å². The van der Waals surface area contributed by atoms with Crippen LogP contribution in [0.15, 0.2) is 34.4 Å². The molecule has 0 spiro atoms. The number of aromatic amines is 1. The highest BCUT2D eigenvalue weighted by molar-refractivity contribution is 9.10. The summed E-state index contributed by atoms with van der Waals surface area (Å²) in [6.45, 7) is 0. The summed E-state index contributed by atoms with van der Waals surface area (Å²) in [6.07, 6.45) is 5.11. The number of pyridine rings is 1. The van der Waals surface area contributed by atoms with E-state index in [4.69, 9.17) is 0 Å². The lowest BCUT2D eigenvalue weighted by Crippen LogP contribution is -1.84. The van der Waals surface area contributed by atoms with Crippen molar-refractivity contribution in [2.45, 2.75) is 10.9 Å². The lowest BCUT2D eigenvalue weighted by molar-refractivity contribution is 0.972. The van der Waals surface area contributed by atoms with Crippen LogP contribution in [0.4, 0.5) is 0 Å². The number of nitrogens with zero attached hydrogens (tertiary/aromatic N) is 3. The number of nitrogens with one attached hydrogen (secondary N) is 1. The van der Waals surface area contributed by atoms with Crippen LogP contribution < -0.4 is 0 Å². The highest BCUT2D eigenvalue weighted by Crippen LogP contribution is 2.19. The molecule has 72 valence electrons. The van der Waals surface area contributed by atoms with Crippen LogP contribution in [0.3, 0.4) is 0 Å². The Hall–Kier alpha value is -0.880. The minimum Gasteiger partial charge on any atom is -0.263 e. The SMILES string of the molecule is Brc1cncc(CSc2ncn[nH]2)c1. The first-order chi connectivity index (χ1) is 6.84. The second kappa shape index (κ2) is 4.56. The fourth-order valence-electron chi connectivity index (χ4n) is 0.950. The zero-order valence-corrected chi connectivity index (χ0v) is 9.55. The molecule has 0 amide bonds. The molecule has 4 nitrogen and oxygen atoms in total. The van der Waals surface area contributed by atoms with Crippen molar-refractivity contribution in [3.8, 4) is 0 Å². The summed E-state index contributed by atoms with van der Waals surface area (Å²) >= 11 is 4.97. The Morgan fingerprint density at radius 3 is 3.07 bits per heavy atom. The maximum atomic E-state index is 4.08. The minimum absolute atomic E-state index is 0.824. The Morgan fingerprint density at radius 1 is 1.43 bits per heavy atom. The molecule has 2 aromatic rings. The molecule has 1 N–H and O–H groups in total. The largest absolute Gasteiger partial charge is 0.263 e. The van der Waals surface area contributed by atoms with Crippen molar-refractivity contribution in [3.05, 3.63) is 34.8 Å². The molecule has 2 heterocycles. The second-order valence-electron chi connectivity index (χ2n) is 2.59. The summed E-state index contributed by atoms with van der Waals surface area (Å²) in [5.41, 5.74) is 1.15. The van der Waals surface area contributed by atoms with Gasteiger partial charge in [-0.25, -0.2) is 4.98 Å². The summed E-state index contributed by atoms with van der Waals surface area (Å²) in [5, 5.41) is 7.39. The fraction of sp³-hybridized carbons (Fsp3) is 0.125. The molecule has 0 unspecified atom stereocenters. The third-order valence-electron chi connectivity index (χ3n) is 1.53. The molecule has 0 saturated carbocycles. The third-order valence-corrected chi connectivity index (χ3v) is 2.91. The molecule has 0 aliphatic heterocycles. The summed E-state index contributed by atoms with van der Waals surface area (Å²) in [5.74, 6) is 0.835. The van der Waals surface area contributed by atoms with E-state index in [0.717, 1.165) is 20.9 Å². The van der Waals surface area contributed by atoms with Gasteiger partial charge >= 0.3 is 0 Å². The van der Waals surface area contributed by atoms with Crippen molar-refractivity contribution in [2.75, 3.05) is 0 Å². The average molecular weight is 271 g/mol. The molecule has 0 aliphatic carbocycles. The van der Waals surface area contributed by atoms with Crippen molar-refractivity contribution in [1.29, 1.82) is 0 Å². The summed E-state index contributed by atoms with van der Waals surface area (Å²) in [6, 6.07) is 2.04. The number of halogens is 1. The number of rotatable bonds is 3. The molecular formula is C8H7BrN4S. The monoisotopic (exact) mass is 270 g/mol. The Labute approximate surface area is 93.7 Å². The van der Waals surface area contributed by atoms with Gasteiger partial charge in [0.15, 0.2) is 5.16 Å². The molecule has 6 heteroatoms. The average Bonchev–Trinajstić information content (AvgIpc) is 2.67. The Balaban J connectivity index is 1.98. The van der Waals surface area contributed by atoms with Crippen molar-refractivity contribution in [3.63, 3.8) is 0 Å². The van der Waals surface area contributed by atoms with Crippen molar-refractivity contribution < 1.29 is 0 Å². The number of hydrogen-bond donors (Lipinski definition) is 1. The molecular weight excluding hydrogens is 264 g/mol. The molecule has 0 fully saturated rings. The summed E-state index contributed by atoms with van der Waals surface area (Å²) in [7, 11) is 0. The van der Waals surface area contributed by atoms with Gasteiger partial charge in [0.05, 0.1) is 0 Å². The van der Waals surface area contributed by atoms with Crippen LogP contribution in [-0.2, 0) is 5.75 Å². The van der Waals surface area contributed by atoms with E-state index in [0.29, 0.717) is 0 Å². The van der Waals surface area contributed by atoms with Gasteiger partial charge in [-0.3, -0.25) is 10.1 Å². The van der Waals surface area contributed by atoms with E-state index in [1.165, 1.54) is 6.33 Å². The number of H-pyrrole nitrogens is 1. The first-order valence-electron chi connectivity index (χ1n) is 3.92. The lowest BCUT2D eigenvalue weighted by Gasteiger charge is -1.98. The molecule has 0 atom stereocenters. The van der Waals surface area contributed by atoms with Gasteiger partial charge in [-0.2, -0.15) is 5.10 Å². The first-order valence-corrected chi connectivity index (χ1v) is 5.70. The van der Waals surface area contributed by atoms with Crippen LogP contribution in [0.25, 0.3) is 0 Å². The van der Waals surface area contributed by atoms with Gasteiger partial charge in [0.2, 0.25) is 0 Å². The Kier molecular flexibility index (Phi) is 3.15. The maximum absolute atomic E-state index is 4.08. The number of aromatic nitrogens is 4. The highest BCUT2D eigenvalue weighted by Gasteiger charge is 1.99. The minimum atomic E-state index is 0.824. The van der Waals surface area contributed by atoms with Crippen LogP contribution in [0, 0.1) is 0 Å². The summed E-state index contributed by atoms with van der Waals surface area (Å²) in [4.78, 5) is 8.10. The van der Waals surface area contributed by atoms with Gasteiger partial charge in [-0.05, 0) is 27.6 Å². The van der Waals surface area contributed by atoms with Gasteiger partial charge in [0, 0.05) is 22.6 Å². The predicted molar refractivity (Wildman–Crippen MR) is 57.9 cm³/mol. The first kappa shape index (κ1) is 9.67. The van der Waals surface area contributed by atoms with Crippen LogP contribution in [-0.4, -0.2) is 20.2 Å². The van der Waals surface area contributed by atoms with Gasteiger partial charge in [0.25, 0.3) is 0 Å². The zero-order chi connectivity index (χ0) is 9.80. The summed E-state index contributed by atoms with van der Waals surface area (Å²) < 4.78 is 0.994. The van der Waals surface area contributed by atoms with E-state index in [-0.39, 0.29) is 0 Å². The Morgan fingerprint density at radius 2 is 2.36 bits per heavy atom. The number of hydrogen-bond acceptors (Lipinski definition) is 4. The highest BCUT2D eigenvalue weighted by atomic mass is 79.9. The van der Waals surface area contributed by atoms with Crippen molar-refractivity contribution in [2.24, 2.45) is 0 Å². The van der Waals surface area contributed by atoms with E-state index in [2.05, 4.69) is 36.1 Å². The molecule has 0 radical (unpaired) electrons. The molecule has 2 aromatic heterocycles. The van der Waals surface area contributed by atoms with E-state index >= 15 is 0 Å². The van der Waals surface area contributed by atoms with Gasteiger partial charge in [-0.1, -0.05) is 11.8 Å². The molecule has 0 bridgehead atoms. The van der Waals surface area contributed by atoms with Crippen molar-refractivity contribution in [1.82, 2.24) is 20.2 Å². The van der Waals surface area contributed by atoms with Crippen LogP contribution >= 0.6 is 27.7 Å². The van der Waals surface area contributed by atoms with Crippen LogP contribution in [0.2, 0.25) is 0 Å². The van der Waals surface area contributed by atoms with E-state index in [1.54, 1.807) is 18.0 Å². The topological polar surface area (TPSA) is 54.5 Å². The fourth-order valence-corrected chi connectivity index (χ4v) is 2.06. The van der Waals surface area contributed by atoms with Gasteiger partial charge < -0.3 is 0 Å². The molecule has 0 aromatic carbocycles. The van der Waals surface area contributed by atoms with Crippen LogP contribution in [0.5, 0.6) is 0 Å². The molecule has 0 aliphatic rings. The van der Waals surface area contributed by atoms with Gasteiger partial charge in [-0.15, -0.1) is 0 Å². The third kappa shape index (κ3) is 2.55. The van der Waals surface area contributed by atoms with Gasteiger partial charge in [0.1, 0.15) is 6.33 Å². The smallest absolute Gasteiger partial charge is 0.183 e. The van der Waals surface area contributed by atoms with E-state index < -0.39 is 0 Å². The lowest BCUT2D eigenvalue weighted by atomic mass is 10.3. The predicted octanol–water partition coefficient (Wildman–Crippen LogP) is 2.25. The Bertz CT molecular complexity index is 403. The normalized spacial score (nSPS) is 10.4. The molecule has 14 heavy (non-hydrogen) atoms. The second-order valence-corrected chi connectivity index (χ2v) is 4.47. The van der Waals surface area contributed by atoms with Crippen LogP contribution in [0.1, 0.15) is 5.56 Å².